The Morgan fingerprint density at radius 2 is 1.69 bits per heavy atom. The molecule has 0 aliphatic rings. The third-order valence-electron chi connectivity index (χ3n) is 5.24. The van der Waals surface area contributed by atoms with Crippen molar-refractivity contribution in [2.45, 2.75) is 25.7 Å². The van der Waals surface area contributed by atoms with Crippen LogP contribution in [0, 0.1) is 13.8 Å². The third kappa shape index (κ3) is 5.99. The topological polar surface area (TPSA) is 102 Å². The Balaban J connectivity index is 1.99. The average Bonchev–Trinajstić information content (AvgIpc) is 2.84. The standard InChI is InChI=1S/C26H28N2O6S/c1-5-34-26(30)20-13-12-19(3)22(16-20)27-25(29)17-28(23-15-18(2)11-14-24(23)33-4)35(31,32)21-9-7-6-8-10-21/h6-16H,5,17H2,1-4H3,(H,27,29). The highest BCUT2D eigenvalue weighted by Crippen LogP contribution is 2.33. The van der Waals surface area contributed by atoms with Crippen LogP contribution in [0.4, 0.5) is 11.4 Å². The van der Waals surface area contributed by atoms with Gasteiger partial charge in [-0.2, -0.15) is 0 Å². The summed E-state index contributed by atoms with van der Waals surface area (Å²) in [6.07, 6.45) is 0. The first-order valence-corrected chi connectivity index (χ1v) is 12.4. The summed E-state index contributed by atoms with van der Waals surface area (Å²) >= 11 is 0. The first-order chi connectivity index (χ1) is 16.7. The molecule has 0 heterocycles. The highest BCUT2D eigenvalue weighted by Gasteiger charge is 2.29. The monoisotopic (exact) mass is 496 g/mol. The van der Waals surface area contributed by atoms with Gasteiger partial charge in [0.05, 0.1) is 29.9 Å². The van der Waals surface area contributed by atoms with Crippen molar-refractivity contribution in [3.05, 3.63) is 83.4 Å². The van der Waals surface area contributed by atoms with Crippen LogP contribution >= 0.6 is 0 Å². The second-order valence-corrected chi connectivity index (χ2v) is 9.66. The number of ether oxygens (including phenoxy) is 2. The number of benzene rings is 3. The minimum Gasteiger partial charge on any atom is -0.495 e. The molecule has 0 aliphatic heterocycles. The molecule has 1 amide bonds. The minimum absolute atomic E-state index is 0.0387. The molecule has 0 spiro atoms. The average molecular weight is 497 g/mol. The summed E-state index contributed by atoms with van der Waals surface area (Å²) < 4.78 is 38.7. The van der Waals surface area contributed by atoms with Gasteiger partial charge in [0.15, 0.2) is 0 Å². The molecule has 3 rings (SSSR count). The maximum Gasteiger partial charge on any atom is 0.338 e. The minimum atomic E-state index is -4.11. The van der Waals surface area contributed by atoms with Crippen LogP contribution in [0.3, 0.4) is 0 Å². The Morgan fingerprint density at radius 3 is 2.34 bits per heavy atom. The van der Waals surface area contributed by atoms with E-state index in [2.05, 4.69) is 5.32 Å². The number of carbonyl (C=O) groups is 2. The van der Waals surface area contributed by atoms with Crippen LogP contribution in [0.2, 0.25) is 0 Å². The zero-order valence-corrected chi connectivity index (χ0v) is 20.9. The molecule has 0 fully saturated rings. The Kier molecular flexibility index (Phi) is 8.14. The molecule has 3 aromatic rings. The Bertz CT molecular complexity index is 1320. The molecule has 0 aromatic heterocycles. The van der Waals surface area contributed by atoms with Gasteiger partial charge in [-0.25, -0.2) is 13.2 Å². The number of anilines is 2. The lowest BCUT2D eigenvalue weighted by Gasteiger charge is -2.26. The van der Waals surface area contributed by atoms with Gasteiger partial charge in [0.25, 0.3) is 10.0 Å². The van der Waals surface area contributed by atoms with Crippen LogP contribution in [0.1, 0.15) is 28.4 Å². The van der Waals surface area contributed by atoms with Gasteiger partial charge in [0, 0.05) is 5.69 Å². The molecular weight excluding hydrogens is 468 g/mol. The van der Waals surface area contributed by atoms with Crippen LogP contribution in [-0.2, 0) is 19.6 Å². The second-order valence-electron chi connectivity index (χ2n) is 7.80. The van der Waals surface area contributed by atoms with Gasteiger partial charge in [0.1, 0.15) is 12.3 Å². The van der Waals surface area contributed by atoms with Gasteiger partial charge >= 0.3 is 5.97 Å². The second kappa shape index (κ2) is 11.1. The van der Waals surface area contributed by atoms with Crippen molar-refractivity contribution in [3.8, 4) is 5.75 Å². The fraction of sp³-hybridized carbons (Fsp3) is 0.231. The number of rotatable bonds is 9. The third-order valence-corrected chi connectivity index (χ3v) is 7.02. The summed E-state index contributed by atoms with van der Waals surface area (Å²) in [5.41, 5.74) is 2.41. The van der Waals surface area contributed by atoms with Crippen LogP contribution in [-0.4, -0.2) is 40.6 Å². The highest BCUT2D eigenvalue weighted by atomic mass is 32.2. The van der Waals surface area contributed by atoms with Gasteiger partial charge < -0.3 is 14.8 Å². The molecule has 0 radical (unpaired) electrons. The van der Waals surface area contributed by atoms with Crippen LogP contribution < -0.4 is 14.4 Å². The lowest BCUT2D eigenvalue weighted by Crippen LogP contribution is -2.38. The Morgan fingerprint density at radius 1 is 0.971 bits per heavy atom. The van der Waals surface area contributed by atoms with E-state index in [1.807, 2.05) is 6.92 Å². The smallest absolute Gasteiger partial charge is 0.338 e. The van der Waals surface area contributed by atoms with Crippen LogP contribution in [0.15, 0.2) is 71.6 Å². The first kappa shape index (κ1) is 25.8. The molecule has 35 heavy (non-hydrogen) atoms. The lowest BCUT2D eigenvalue weighted by atomic mass is 10.1. The van der Waals surface area contributed by atoms with Crippen molar-refractivity contribution in [3.63, 3.8) is 0 Å². The molecule has 0 bridgehead atoms. The first-order valence-electron chi connectivity index (χ1n) is 11.0. The molecule has 1 N–H and O–H groups in total. The van der Waals surface area contributed by atoms with E-state index in [9.17, 15) is 18.0 Å². The quantitative estimate of drug-likeness (QED) is 0.443. The molecule has 3 aromatic carbocycles. The molecule has 0 saturated carbocycles. The number of nitrogens with zero attached hydrogens (tertiary/aromatic N) is 1. The molecule has 184 valence electrons. The molecule has 0 saturated heterocycles. The fourth-order valence-corrected chi connectivity index (χ4v) is 4.88. The summed E-state index contributed by atoms with van der Waals surface area (Å²) in [4.78, 5) is 25.3. The Hall–Kier alpha value is -3.85. The van der Waals surface area contributed by atoms with Gasteiger partial charge in [0.2, 0.25) is 5.91 Å². The van der Waals surface area contributed by atoms with E-state index in [1.165, 1.54) is 25.3 Å². The molecule has 0 atom stereocenters. The van der Waals surface area contributed by atoms with E-state index in [-0.39, 0.29) is 22.8 Å². The molecule has 8 nitrogen and oxygen atoms in total. The molecular formula is C26H28N2O6S. The summed E-state index contributed by atoms with van der Waals surface area (Å²) in [6, 6.07) is 17.8. The number of hydrogen-bond acceptors (Lipinski definition) is 6. The predicted molar refractivity (Wildman–Crippen MR) is 134 cm³/mol. The summed E-state index contributed by atoms with van der Waals surface area (Å²) in [5.74, 6) is -0.790. The maximum absolute atomic E-state index is 13.6. The predicted octanol–water partition coefficient (Wildman–Crippen LogP) is 4.32. The van der Waals surface area contributed by atoms with Crippen molar-refractivity contribution in [1.82, 2.24) is 0 Å². The summed E-state index contributed by atoms with van der Waals surface area (Å²) in [5, 5.41) is 2.73. The normalized spacial score (nSPS) is 11.0. The summed E-state index contributed by atoms with van der Waals surface area (Å²) in [6.45, 7) is 5.00. The van der Waals surface area contributed by atoms with Gasteiger partial charge in [-0.1, -0.05) is 30.3 Å². The van der Waals surface area contributed by atoms with E-state index in [0.29, 0.717) is 17.0 Å². The van der Waals surface area contributed by atoms with Crippen molar-refractivity contribution in [1.29, 1.82) is 0 Å². The van der Waals surface area contributed by atoms with Gasteiger partial charge in [-0.3, -0.25) is 9.10 Å². The van der Waals surface area contributed by atoms with Crippen molar-refractivity contribution in [2.75, 3.05) is 29.9 Å². The maximum atomic E-state index is 13.6. The number of hydrogen-bond donors (Lipinski definition) is 1. The number of esters is 1. The van der Waals surface area contributed by atoms with Gasteiger partial charge in [-0.15, -0.1) is 0 Å². The SMILES string of the molecule is CCOC(=O)c1ccc(C)c(NC(=O)CN(c2cc(C)ccc2OC)S(=O)(=O)c2ccccc2)c1. The number of aryl methyl sites for hydroxylation is 2. The van der Waals surface area contributed by atoms with E-state index < -0.39 is 28.4 Å². The van der Waals surface area contributed by atoms with Crippen LogP contribution in [0.25, 0.3) is 0 Å². The zero-order valence-electron chi connectivity index (χ0n) is 20.1. The largest absolute Gasteiger partial charge is 0.495 e. The number of nitrogens with one attached hydrogen (secondary N) is 1. The Labute approximate surface area is 205 Å². The van der Waals surface area contributed by atoms with Gasteiger partial charge in [-0.05, 0) is 68.3 Å². The van der Waals surface area contributed by atoms with E-state index in [0.717, 1.165) is 9.87 Å². The van der Waals surface area contributed by atoms with Crippen LogP contribution in [0.5, 0.6) is 5.75 Å². The lowest BCUT2D eigenvalue weighted by molar-refractivity contribution is -0.114. The summed E-state index contributed by atoms with van der Waals surface area (Å²) in [7, 11) is -2.68. The number of amides is 1. The van der Waals surface area contributed by atoms with E-state index in [1.54, 1.807) is 62.4 Å². The van der Waals surface area contributed by atoms with Crippen molar-refractivity contribution < 1.29 is 27.5 Å². The fourth-order valence-electron chi connectivity index (χ4n) is 3.43. The molecule has 9 heteroatoms. The molecule has 0 aliphatic carbocycles. The number of carbonyl (C=O) groups excluding carboxylic acids is 2. The van der Waals surface area contributed by atoms with Crippen molar-refractivity contribution >= 4 is 33.3 Å². The highest BCUT2D eigenvalue weighted by molar-refractivity contribution is 7.92. The number of methoxy groups -OCH3 is 1. The molecule has 0 unspecified atom stereocenters. The van der Waals surface area contributed by atoms with Crippen molar-refractivity contribution in [2.24, 2.45) is 0 Å². The van der Waals surface area contributed by atoms with E-state index in [4.69, 9.17) is 9.47 Å². The number of sulfonamides is 1. The van der Waals surface area contributed by atoms with E-state index >= 15 is 0 Å². The zero-order chi connectivity index (χ0) is 25.6.